The summed E-state index contributed by atoms with van der Waals surface area (Å²) in [7, 11) is 3.18. The third-order valence-electron chi connectivity index (χ3n) is 8.40. The first kappa shape index (κ1) is 24.8. The number of anilines is 1. The number of hydrogen-bond acceptors (Lipinski definition) is 4. The van der Waals surface area contributed by atoms with Gasteiger partial charge in [0.2, 0.25) is 5.91 Å². The van der Waals surface area contributed by atoms with Crippen molar-refractivity contribution in [1.82, 2.24) is 9.78 Å². The molecule has 6 rings (SSSR count). The SMILES string of the molecule is [2H]C(c1ccc(-c2ccc3c(cnn3C)c2)cc1F)N(C(=O)[C@@H]1C[C@@H]2CC[C@H]1C2)c1cccc(/C=C/C(=O)OC)c1. The van der Waals surface area contributed by atoms with E-state index >= 15 is 4.39 Å². The molecule has 2 aliphatic carbocycles. The standard InChI is InChI=1S/C33H32FN3O3/c1-36-31-12-11-23(17-27(31)19-35-36)24-9-10-26(30(34)18-24)20-37(33(39)29-16-22-6-8-25(29)14-22)28-5-3-4-21(15-28)7-13-32(38)40-2/h3-5,7,9-13,15,17-19,22,25,29H,6,8,14,16,20H2,1-2H3/b13-7+/t22-,25+,29-/m1/s1/i20D/t20?,22-,25+,29-. The molecule has 4 atom stereocenters. The number of benzene rings is 3. The maximum absolute atomic E-state index is 15.8. The lowest BCUT2D eigenvalue weighted by atomic mass is 9.87. The molecule has 1 heterocycles. The fourth-order valence-corrected chi connectivity index (χ4v) is 6.30. The molecule has 0 N–H and O–H groups in total. The molecule has 204 valence electrons. The lowest BCUT2D eigenvalue weighted by molar-refractivity contribution is -0.134. The maximum atomic E-state index is 15.8. The zero-order chi connectivity index (χ0) is 28.7. The number of amides is 1. The Hall–Kier alpha value is -4.26. The summed E-state index contributed by atoms with van der Waals surface area (Å²) in [5.74, 6) is -0.502. The van der Waals surface area contributed by atoms with E-state index in [0.29, 0.717) is 28.7 Å². The molecule has 3 aromatic carbocycles. The number of aromatic nitrogens is 2. The van der Waals surface area contributed by atoms with Gasteiger partial charge in [0.25, 0.3) is 0 Å². The van der Waals surface area contributed by atoms with Gasteiger partial charge in [0.1, 0.15) is 5.82 Å². The highest BCUT2D eigenvalue weighted by Crippen LogP contribution is 2.49. The van der Waals surface area contributed by atoms with Gasteiger partial charge >= 0.3 is 5.97 Å². The lowest BCUT2D eigenvalue weighted by Crippen LogP contribution is -2.38. The minimum atomic E-state index is -1.28. The van der Waals surface area contributed by atoms with Crippen molar-refractivity contribution in [2.24, 2.45) is 24.8 Å². The molecule has 2 aliphatic rings. The summed E-state index contributed by atoms with van der Waals surface area (Å²) in [4.78, 5) is 27.2. The van der Waals surface area contributed by atoms with Gasteiger partial charge in [-0.1, -0.05) is 36.8 Å². The van der Waals surface area contributed by atoms with Gasteiger partial charge in [0, 0.05) is 35.7 Å². The number of carbonyl (C=O) groups is 2. The van der Waals surface area contributed by atoms with E-state index in [2.05, 4.69) is 5.10 Å². The molecule has 0 aliphatic heterocycles. The summed E-state index contributed by atoms with van der Waals surface area (Å²) in [5.41, 5.74) is 3.81. The van der Waals surface area contributed by atoms with Crippen LogP contribution in [0.1, 0.15) is 38.2 Å². The van der Waals surface area contributed by atoms with E-state index in [1.165, 1.54) is 24.2 Å². The van der Waals surface area contributed by atoms with E-state index in [0.717, 1.165) is 42.1 Å². The molecule has 0 radical (unpaired) electrons. The lowest BCUT2D eigenvalue weighted by Gasteiger charge is -2.30. The minimum Gasteiger partial charge on any atom is -0.466 e. The number of halogens is 1. The van der Waals surface area contributed by atoms with E-state index in [1.54, 1.807) is 53.4 Å². The molecule has 1 aromatic heterocycles. The summed E-state index contributed by atoms with van der Waals surface area (Å²) in [6.45, 7) is -1.28. The molecule has 2 bridgehead atoms. The van der Waals surface area contributed by atoms with Gasteiger partial charge in [-0.2, -0.15) is 5.10 Å². The third-order valence-corrected chi connectivity index (χ3v) is 8.40. The van der Waals surface area contributed by atoms with Crippen LogP contribution < -0.4 is 4.90 Å². The van der Waals surface area contributed by atoms with Crippen molar-refractivity contribution in [3.8, 4) is 11.1 Å². The Labute approximate surface area is 234 Å². The average molecular weight is 539 g/mol. The quantitative estimate of drug-likeness (QED) is 0.198. The van der Waals surface area contributed by atoms with Crippen LogP contribution >= 0.6 is 0 Å². The van der Waals surface area contributed by atoms with Gasteiger partial charge in [0.05, 0.1) is 26.7 Å². The predicted molar refractivity (Wildman–Crippen MR) is 154 cm³/mol. The summed E-state index contributed by atoms with van der Waals surface area (Å²) in [6.07, 6.45) is 8.70. The molecule has 2 saturated carbocycles. The van der Waals surface area contributed by atoms with Crippen LogP contribution in [-0.2, 0) is 27.9 Å². The fraction of sp³-hybridized carbons (Fsp3) is 0.303. The van der Waals surface area contributed by atoms with Crippen LogP contribution in [0.5, 0.6) is 0 Å². The van der Waals surface area contributed by atoms with Crippen LogP contribution in [0, 0.1) is 23.6 Å². The summed E-state index contributed by atoms with van der Waals surface area (Å²) in [6, 6.07) is 17.8. The average Bonchev–Trinajstić information content (AvgIpc) is 3.72. The van der Waals surface area contributed by atoms with Crippen LogP contribution in [0.15, 0.2) is 72.9 Å². The van der Waals surface area contributed by atoms with Crippen molar-refractivity contribution in [3.63, 3.8) is 0 Å². The Bertz CT molecular complexity index is 1660. The molecule has 40 heavy (non-hydrogen) atoms. The van der Waals surface area contributed by atoms with E-state index in [1.807, 2.05) is 25.2 Å². The number of carbonyl (C=O) groups excluding carboxylic acids is 2. The van der Waals surface area contributed by atoms with Crippen LogP contribution in [0.2, 0.25) is 0 Å². The number of esters is 1. The molecule has 2 fully saturated rings. The highest BCUT2D eigenvalue weighted by atomic mass is 19.1. The van der Waals surface area contributed by atoms with Gasteiger partial charge in [-0.3, -0.25) is 9.48 Å². The van der Waals surface area contributed by atoms with Crippen molar-refractivity contribution in [2.75, 3.05) is 12.0 Å². The van der Waals surface area contributed by atoms with Crippen LogP contribution in [0.3, 0.4) is 0 Å². The van der Waals surface area contributed by atoms with Gasteiger partial charge in [-0.15, -0.1) is 0 Å². The number of rotatable bonds is 7. The topological polar surface area (TPSA) is 64.4 Å². The van der Waals surface area contributed by atoms with Crippen molar-refractivity contribution >= 4 is 34.5 Å². The van der Waals surface area contributed by atoms with E-state index in [4.69, 9.17) is 4.74 Å². The third kappa shape index (κ3) is 5.04. The van der Waals surface area contributed by atoms with E-state index in [9.17, 15) is 11.0 Å². The van der Waals surface area contributed by atoms with Gasteiger partial charge in [-0.05, 0) is 84.2 Å². The first-order chi connectivity index (χ1) is 19.8. The van der Waals surface area contributed by atoms with Gasteiger partial charge in [-0.25, -0.2) is 9.18 Å². The second-order valence-corrected chi connectivity index (χ2v) is 10.8. The number of nitrogens with zero attached hydrogens (tertiary/aromatic N) is 3. The number of aryl methyl sites for hydroxylation is 1. The predicted octanol–water partition coefficient (Wildman–Crippen LogP) is 6.54. The van der Waals surface area contributed by atoms with Gasteiger partial charge < -0.3 is 9.64 Å². The summed E-state index contributed by atoms with van der Waals surface area (Å²) < 4.78 is 31.4. The Morgan fingerprint density at radius 2 is 1.95 bits per heavy atom. The first-order valence-electron chi connectivity index (χ1n) is 14.2. The zero-order valence-corrected chi connectivity index (χ0v) is 22.6. The zero-order valence-electron chi connectivity index (χ0n) is 23.6. The second kappa shape index (κ2) is 10.7. The van der Waals surface area contributed by atoms with E-state index in [-0.39, 0.29) is 17.4 Å². The molecule has 6 nitrogen and oxygen atoms in total. The van der Waals surface area contributed by atoms with Gasteiger partial charge in [0.15, 0.2) is 0 Å². The van der Waals surface area contributed by atoms with Crippen molar-refractivity contribution in [3.05, 3.63) is 89.9 Å². The highest BCUT2D eigenvalue weighted by Gasteiger charge is 2.44. The summed E-state index contributed by atoms with van der Waals surface area (Å²) in [5, 5.41) is 5.24. The number of fused-ring (bicyclic) bond motifs is 3. The molecular formula is C33H32FN3O3. The van der Waals surface area contributed by atoms with Crippen LogP contribution in [-0.4, -0.2) is 28.8 Å². The molecule has 0 saturated heterocycles. The minimum absolute atomic E-state index is 0.128. The molecule has 7 heteroatoms. The highest BCUT2D eigenvalue weighted by molar-refractivity contribution is 5.96. The van der Waals surface area contributed by atoms with Crippen molar-refractivity contribution in [1.29, 1.82) is 0 Å². The Balaban J connectivity index is 1.35. The Morgan fingerprint density at radius 3 is 2.70 bits per heavy atom. The first-order valence-corrected chi connectivity index (χ1v) is 13.7. The Morgan fingerprint density at radius 1 is 1.12 bits per heavy atom. The number of methoxy groups -OCH3 is 1. The van der Waals surface area contributed by atoms with Crippen molar-refractivity contribution in [2.45, 2.75) is 32.2 Å². The monoisotopic (exact) mass is 538 g/mol. The fourth-order valence-electron chi connectivity index (χ4n) is 6.30. The molecular weight excluding hydrogens is 505 g/mol. The smallest absolute Gasteiger partial charge is 0.330 e. The van der Waals surface area contributed by atoms with Crippen molar-refractivity contribution < 1.29 is 20.1 Å². The summed E-state index contributed by atoms with van der Waals surface area (Å²) >= 11 is 0. The van der Waals surface area contributed by atoms with Crippen LogP contribution in [0.4, 0.5) is 10.1 Å². The molecule has 1 amide bonds. The largest absolute Gasteiger partial charge is 0.466 e. The number of ether oxygens (including phenoxy) is 1. The normalized spacial score (nSPS) is 21.1. The van der Waals surface area contributed by atoms with E-state index < -0.39 is 18.3 Å². The molecule has 0 spiro atoms. The molecule has 4 aromatic rings. The van der Waals surface area contributed by atoms with Crippen LogP contribution in [0.25, 0.3) is 28.1 Å². The maximum Gasteiger partial charge on any atom is 0.330 e. The number of hydrogen-bond donors (Lipinski definition) is 0. The Kier molecular flexibility index (Phi) is 6.63. The second-order valence-electron chi connectivity index (χ2n) is 10.8. The molecule has 1 unspecified atom stereocenters.